The fourth-order valence-electron chi connectivity index (χ4n) is 1.44. The molecule has 0 aromatic heterocycles. The Bertz CT molecular complexity index is 377. The van der Waals surface area contributed by atoms with E-state index in [9.17, 15) is 4.39 Å². The van der Waals surface area contributed by atoms with Crippen molar-refractivity contribution in [2.75, 3.05) is 18.6 Å². The molecule has 0 atom stereocenters. The van der Waals surface area contributed by atoms with E-state index in [0.717, 1.165) is 11.3 Å². The molecule has 0 aliphatic carbocycles. The van der Waals surface area contributed by atoms with Gasteiger partial charge in [0.15, 0.2) is 11.6 Å². The van der Waals surface area contributed by atoms with Crippen molar-refractivity contribution >= 4 is 11.8 Å². The zero-order valence-electron chi connectivity index (χ0n) is 11.5. The third-order valence-corrected chi connectivity index (χ3v) is 2.97. The van der Waals surface area contributed by atoms with E-state index in [0.29, 0.717) is 18.9 Å². The molecule has 0 heterocycles. The maximum Gasteiger partial charge on any atom is 0.165 e. The number of hydrogen-bond donors (Lipinski definition) is 1. The van der Waals surface area contributed by atoms with E-state index in [2.05, 4.69) is 26.1 Å². The first-order chi connectivity index (χ1) is 8.44. The van der Waals surface area contributed by atoms with Gasteiger partial charge in [0.05, 0.1) is 6.61 Å². The molecule has 1 aromatic carbocycles. The second-order valence-electron chi connectivity index (χ2n) is 5.17. The Balaban J connectivity index is 2.73. The van der Waals surface area contributed by atoms with Crippen molar-refractivity contribution in [1.29, 1.82) is 0 Å². The number of hydrogen-bond acceptors (Lipinski definition) is 3. The smallest absolute Gasteiger partial charge is 0.165 e. The first kappa shape index (κ1) is 15.3. The average molecular weight is 271 g/mol. The van der Waals surface area contributed by atoms with E-state index < -0.39 is 0 Å². The topological polar surface area (TPSA) is 21.3 Å². The molecule has 2 nitrogen and oxygen atoms in total. The highest BCUT2D eigenvalue weighted by molar-refractivity contribution is 7.98. The third kappa shape index (κ3) is 5.27. The SMILES string of the molecule is CSCCOc1c(F)cccc1CNC(C)(C)C. The van der Waals surface area contributed by atoms with Gasteiger partial charge in [0, 0.05) is 23.4 Å². The number of para-hydroxylation sites is 1. The van der Waals surface area contributed by atoms with Crippen LogP contribution in [-0.2, 0) is 6.54 Å². The zero-order chi connectivity index (χ0) is 13.6. The van der Waals surface area contributed by atoms with Crippen molar-refractivity contribution in [2.45, 2.75) is 32.9 Å². The first-order valence-electron chi connectivity index (χ1n) is 6.08. The number of halogens is 1. The monoisotopic (exact) mass is 271 g/mol. The van der Waals surface area contributed by atoms with Crippen molar-refractivity contribution < 1.29 is 9.13 Å². The highest BCUT2D eigenvalue weighted by Gasteiger charge is 2.13. The number of ether oxygens (including phenoxy) is 1. The van der Waals surface area contributed by atoms with Gasteiger partial charge < -0.3 is 10.1 Å². The van der Waals surface area contributed by atoms with Crippen molar-refractivity contribution in [1.82, 2.24) is 5.32 Å². The summed E-state index contributed by atoms with van der Waals surface area (Å²) in [5.74, 6) is 0.952. The Morgan fingerprint density at radius 3 is 2.67 bits per heavy atom. The molecule has 0 unspecified atom stereocenters. The van der Waals surface area contributed by atoms with Gasteiger partial charge in [-0.2, -0.15) is 11.8 Å². The third-order valence-electron chi connectivity index (χ3n) is 2.39. The fourth-order valence-corrected chi connectivity index (χ4v) is 1.69. The molecule has 18 heavy (non-hydrogen) atoms. The van der Waals surface area contributed by atoms with Crippen LogP contribution in [0, 0.1) is 5.82 Å². The fraction of sp³-hybridized carbons (Fsp3) is 0.571. The molecule has 0 amide bonds. The maximum absolute atomic E-state index is 13.7. The normalized spacial score (nSPS) is 11.6. The van der Waals surface area contributed by atoms with Gasteiger partial charge in [0.1, 0.15) is 0 Å². The molecule has 0 saturated carbocycles. The quantitative estimate of drug-likeness (QED) is 0.801. The van der Waals surface area contributed by atoms with Crippen LogP contribution >= 0.6 is 11.8 Å². The Morgan fingerprint density at radius 2 is 2.06 bits per heavy atom. The Kier molecular flexibility index (Phi) is 5.96. The average Bonchev–Trinajstić information content (AvgIpc) is 2.28. The van der Waals surface area contributed by atoms with E-state index >= 15 is 0 Å². The summed E-state index contributed by atoms with van der Waals surface area (Å²) in [6.07, 6.45) is 2.01. The molecule has 0 bridgehead atoms. The van der Waals surface area contributed by atoms with Crippen molar-refractivity contribution in [2.24, 2.45) is 0 Å². The van der Waals surface area contributed by atoms with Gasteiger partial charge in [-0.25, -0.2) is 4.39 Å². The molecular weight excluding hydrogens is 249 g/mol. The minimum absolute atomic E-state index is 0.00284. The number of rotatable bonds is 6. The molecule has 1 N–H and O–H groups in total. The van der Waals surface area contributed by atoms with Gasteiger partial charge in [-0.05, 0) is 33.1 Å². The molecular formula is C14H22FNOS. The second-order valence-corrected chi connectivity index (χ2v) is 6.16. The lowest BCUT2D eigenvalue weighted by atomic mass is 10.1. The number of thioether (sulfide) groups is 1. The molecule has 0 aliphatic rings. The van der Waals surface area contributed by atoms with Gasteiger partial charge in [-0.1, -0.05) is 12.1 Å². The lowest BCUT2D eigenvalue weighted by molar-refractivity contribution is 0.317. The highest BCUT2D eigenvalue weighted by atomic mass is 32.2. The predicted octanol–water partition coefficient (Wildman–Crippen LogP) is 3.46. The summed E-state index contributed by atoms with van der Waals surface area (Å²) in [7, 11) is 0. The van der Waals surface area contributed by atoms with Gasteiger partial charge in [-0.3, -0.25) is 0 Å². The van der Waals surface area contributed by atoms with Crippen LogP contribution < -0.4 is 10.1 Å². The maximum atomic E-state index is 13.7. The Labute approximate surface area is 113 Å². The zero-order valence-corrected chi connectivity index (χ0v) is 12.4. The molecule has 4 heteroatoms. The highest BCUT2D eigenvalue weighted by Crippen LogP contribution is 2.23. The first-order valence-corrected chi connectivity index (χ1v) is 7.47. The van der Waals surface area contributed by atoms with E-state index in [-0.39, 0.29) is 11.4 Å². The minimum Gasteiger partial charge on any atom is -0.489 e. The van der Waals surface area contributed by atoms with Gasteiger partial charge in [0.25, 0.3) is 0 Å². The molecule has 1 aromatic rings. The summed E-state index contributed by atoms with van der Waals surface area (Å²) in [6, 6.07) is 5.06. The van der Waals surface area contributed by atoms with Gasteiger partial charge in [0.2, 0.25) is 0 Å². The molecule has 0 saturated heterocycles. The minimum atomic E-state index is -0.288. The summed E-state index contributed by atoms with van der Waals surface area (Å²) in [6.45, 7) is 7.39. The van der Waals surface area contributed by atoms with E-state index in [1.807, 2.05) is 12.3 Å². The Hall–Kier alpha value is -0.740. The second kappa shape index (κ2) is 7.00. The number of benzene rings is 1. The van der Waals surface area contributed by atoms with Crippen LogP contribution in [0.3, 0.4) is 0 Å². The molecule has 0 spiro atoms. The molecule has 0 fully saturated rings. The number of nitrogens with one attached hydrogen (secondary N) is 1. The molecule has 0 aliphatic heterocycles. The molecule has 102 valence electrons. The largest absolute Gasteiger partial charge is 0.489 e. The van der Waals surface area contributed by atoms with Crippen LogP contribution in [0.2, 0.25) is 0 Å². The van der Waals surface area contributed by atoms with Crippen LogP contribution in [-0.4, -0.2) is 24.2 Å². The van der Waals surface area contributed by atoms with Crippen LogP contribution in [0.25, 0.3) is 0 Å². The summed E-state index contributed by atoms with van der Waals surface area (Å²) < 4.78 is 19.3. The standard InChI is InChI=1S/C14H22FNOS/c1-14(2,3)16-10-11-6-5-7-12(15)13(11)17-8-9-18-4/h5-7,16H,8-10H2,1-4H3. The van der Waals surface area contributed by atoms with Crippen molar-refractivity contribution in [3.63, 3.8) is 0 Å². The van der Waals surface area contributed by atoms with Crippen molar-refractivity contribution in [3.8, 4) is 5.75 Å². The van der Waals surface area contributed by atoms with Crippen LogP contribution in [0.15, 0.2) is 18.2 Å². The van der Waals surface area contributed by atoms with Crippen LogP contribution in [0.1, 0.15) is 26.3 Å². The lowest BCUT2D eigenvalue weighted by Gasteiger charge is -2.21. The van der Waals surface area contributed by atoms with Gasteiger partial charge in [-0.15, -0.1) is 0 Å². The summed E-state index contributed by atoms with van der Waals surface area (Å²) >= 11 is 1.69. The van der Waals surface area contributed by atoms with E-state index in [4.69, 9.17) is 4.74 Å². The molecule has 1 rings (SSSR count). The van der Waals surface area contributed by atoms with E-state index in [1.165, 1.54) is 6.07 Å². The van der Waals surface area contributed by atoms with E-state index in [1.54, 1.807) is 17.8 Å². The molecule has 0 radical (unpaired) electrons. The lowest BCUT2D eigenvalue weighted by Crippen LogP contribution is -2.35. The van der Waals surface area contributed by atoms with Crippen LogP contribution in [0.5, 0.6) is 5.75 Å². The van der Waals surface area contributed by atoms with Crippen molar-refractivity contribution in [3.05, 3.63) is 29.6 Å². The Morgan fingerprint density at radius 1 is 1.33 bits per heavy atom. The van der Waals surface area contributed by atoms with Crippen LogP contribution in [0.4, 0.5) is 4.39 Å². The summed E-state index contributed by atoms with van der Waals surface area (Å²) in [5.41, 5.74) is 0.870. The summed E-state index contributed by atoms with van der Waals surface area (Å²) in [5, 5.41) is 3.34. The summed E-state index contributed by atoms with van der Waals surface area (Å²) in [4.78, 5) is 0. The van der Waals surface area contributed by atoms with Gasteiger partial charge >= 0.3 is 0 Å². The predicted molar refractivity (Wildman–Crippen MR) is 76.9 cm³/mol.